The molecule has 0 aliphatic carbocycles. The Morgan fingerprint density at radius 3 is 2.41 bits per heavy atom. The van der Waals surface area contributed by atoms with E-state index in [1.807, 2.05) is 0 Å². The van der Waals surface area contributed by atoms with Crippen LogP contribution in [0.25, 0.3) is 0 Å². The Hall–Kier alpha value is -0.940. The number of halogens is 5. The van der Waals surface area contributed by atoms with E-state index in [0.717, 1.165) is 13.2 Å². The Labute approximate surface area is 105 Å². The van der Waals surface area contributed by atoms with Gasteiger partial charge in [0.05, 0.1) is 29.1 Å². The molecule has 1 aromatic rings. The summed E-state index contributed by atoms with van der Waals surface area (Å²) in [7, 11) is 1.16. The van der Waals surface area contributed by atoms with Crippen molar-refractivity contribution in [3.8, 4) is 5.75 Å². The maximum atomic E-state index is 12.5. The van der Waals surface area contributed by atoms with Gasteiger partial charge in [0.25, 0.3) is 0 Å². The fraction of sp³-hybridized carbons (Fsp3) is 0.300. The molecule has 1 rings (SSSR count). The SMILES string of the molecule is COc1cc(C(F)(F)F)c(Cl)cc1C(=O)CCl. The molecule has 0 aliphatic heterocycles. The van der Waals surface area contributed by atoms with Crippen LogP contribution >= 0.6 is 23.2 Å². The predicted octanol–water partition coefficient (Wildman–Crippen LogP) is 3.79. The minimum atomic E-state index is -4.60. The minimum absolute atomic E-state index is 0.0690. The molecule has 0 fully saturated rings. The van der Waals surface area contributed by atoms with Gasteiger partial charge in [-0.25, -0.2) is 0 Å². The molecular weight excluding hydrogens is 280 g/mol. The first-order valence-corrected chi connectivity index (χ1v) is 5.26. The van der Waals surface area contributed by atoms with Crippen LogP contribution in [0.1, 0.15) is 15.9 Å². The van der Waals surface area contributed by atoms with Crippen LogP contribution in [0.2, 0.25) is 5.02 Å². The zero-order chi connectivity index (χ0) is 13.2. The van der Waals surface area contributed by atoms with E-state index in [4.69, 9.17) is 27.9 Å². The van der Waals surface area contributed by atoms with Gasteiger partial charge in [0.15, 0.2) is 5.78 Å². The van der Waals surface area contributed by atoms with Crippen molar-refractivity contribution < 1.29 is 22.7 Å². The van der Waals surface area contributed by atoms with E-state index in [2.05, 4.69) is 0 Å². The lowest BCUT2D eigenvalue weighted by Gasteiger charge is -2.13. The first-order valence-electron chi connectivity index (χ1n) is 4.35. The fourth-order valence-corrected chi connectivity index (χ4v) is 1.64. The van der Waals surface area contributed by atoms with Gasteiger partial charge in [0, 0.05) is 0 Å². The van der Waals surface area contributed by atoms with Crippen molar-refractivity contribution in [1.82, 2.24) is 0 Å². The van der Waals surface area contributed by atoms with Crippen LogP contribution in [0.5, 0.6) is 5.75 Å². The summed E-state index contributed by atoms with van der Waals surface area (Å²) >= 11 is 10.8. The van der Waals surface area contributed by atoms with Gasteiger partial charge < -0.3 is 4.74 Å². The number of rotatable bonds is 3. The number of carbonyl (C=O) groups is 1. The van der Waals surface area contributed by atoms with E-state index in [1.54, 1.807) is 0 Å². The first-order chi connectivity index (χ1) is 7.81. The maximum Gasteiger partial charge on any atom is 0.417 e. The van der Waals surface area contributed by atoms with E-state index in [9.17, 15) is 18.0 Å². The van der Waals surface area contributed by atoms with E-state index >= 15 is 0 Å². The Balaban J connectivity index is 3.40. The number of Topliss-reactive ketones (excluding diaryl/α,β-unsaturated/α-hetero) is 1. The lowest BCUT2D eigenvalue weighted by atomic mass is 10.1. The van der Waals surface area contributed by atoms with Gasteiger partial charge in [0.1, 0.15) is 5.75 Å². The highest BCUT2D eigenvalue weighted by Crippen LogP contribution is 2.38. The summed E-state index contributed by atoms with van der Waals surface area (Å²) in [5.41, 5.74) is -1.12. The summed E-state index contributed by atoms with van der Waals surface area (Å²) in [6.45, 7) is 0. The van der Waals surface area contributed by atoms with Crippen LogP contribution in [0.15, 0.2) is 12.1 Å². The molecule has 94 valence electrons. The van der Waals surface area contributed by atoms with Crippen LogP contribution in [0.4, 0.5) is 13.2 Å². The van der Waals surface area contributed by atoms with E-state index in [1.165, 1.54) is 0 Å². The molecule has 0 aliphatic rings. The number of methoxy groups -OCH3 is 1. The third-order valence-corrected chi connectivity index (χ3v) is 2.57. The standard InChI is InChI=1S/C10H7Cl2F3O2/c1-17-9-3-6(10(13,14)15)7(12)2-5(9)8(16)4-11/h2-3H,4H2,1H3. The van der Waals surface area contributed by atoms with Gasteiger partial charge in [-0.1, -0.05) is 11.6 Å². The Morgan fingerprint density at radius 2 is 2.00 bits per heavy atom. The smallest absolute Gasteiger partial charge is 0.417 e. The molecule has 0 unspecified atom stereocenters. The van der Waals surface area contributed by atoms with Gasteiger partial charge in [0.2, 0.25) is 0 Å². The molecule has 17 heavy (non-hydrogen) atoms. The molecule has 2 nitrogen and oxygen atoms in total. The molecule has 0 amide bonds. The molecular formula is C10H7Cl2F3O2. The van der Waals surface area contributed by atoms with Gasteiger partial charge in [-0.15, -0.1) is 11.6 Å². The summed E-state index contributed by atoms with van der Waals surface area (Å²) in [5.74, 6) is -1.12. The normalized spacial score (nSPS) is 11.4. The molecule has 0 spiro atoms. The van der Waals surface area contributed by atoms with Crippen molar-refractivity contribution in [3.63, 3.8) is 0 Å². The van der Waals surface area contributed by atoms with E-state index in [0.29, 0.717) is 6.07 Å². The van der Waals surface area contributed by atoms with E-state index in [-0.39, 0.29) is 17.2 Å². The second kappa shape index (κ2) is 5.14. The predicted molar refractivity (Wildman–Crippen MR) is 58.1 cm³/mol. The van der Waals surface area contributed by atoms with Crippen LogP contribution in [-0.4, -0.2) is 18.8 Å². The monoisotopic (exact) mass is 286 g/mol. The number of hydrogen-bond donors (Lipinski definition) is 0. The molecule has 0 N–H and O–H groups in total. The molecule has 0 bridgehead atoms. The van der Waals surface area contributed by atoms with Gasteiger partial charge in [-0.05, 0) is 12.1 Å². The highest BCUT2D eigenvalue weighted by Gasteiger charge is 2.34. The third-order valence-electron chi connectivity index (χ3n) is 2.02. The summed E-state index contributed by atoms with van der Waals surface area (Å²) in [6, 6.07) is 1.59. The maximum absolute atomic E-state index is 12.5. The zero-order valence-electron chi connectivity index (χ0n) is 8.57. The lowest BCUT2D eigenvalue weighted by Crippen LogP contribution is -2.10. The molecule has 1 aromatic carbocycles. The van der Waals surface area contributed by atoms with Crippen molar-refractivity contribution >= 4 is 29.0 Å². The summed E-state index contributed by atoms with van der Waals surface area (Å²) in [5, 5.41) is -0.563. The minimum Gasteiger partial charge on any atom is -0.496 e. The molecule has 0 aromatic heterocycles. The summed E-state index contributed by atoms with van der Waals surface area (Å²) in [4.78, 5) is 11.4. The van der Waals surface area contributed by atoms with Gasteiger partial charge in [-0.3, -0.25) is 4.79 Å². The molecule has 0 heterocycles. The van der Waals surface area contributed by atoms with Crippen LogP contribution in [-0.2, 0) is 6.18 Å². The van der Waals surface area contributed by atoms with Crippen molar-refractivity contribution in [2.24, 2.45) is 0 Å². The summed E-state index contributed by atoms with van der Waals surface area (Å²) < 4.78 is 42.3. The van der Waals surface area contributed by atoms with Crippen LogP contribution < -0.4 is 4.74 Å². The molecule has 0 radical (unpaired) electrons. The van der Waals surface area contributed by atoms with Crippen molar-refractivity contribution in [2.45, 2.75) is 6.18 Å². The average molecular weight is 287 g/mol. The second-order valence-corrected chi connectivity index (χ2v) is 3.76. The van der Waals surface area contributed by atoms with Gasteiger partial charge >= 0.3 is 6.18 Å². The number of hydrogen-bond acceptors (Lipinski definition) is 2. The first kappa shape index (κ1) is 14.1. The molecule has 0 saturated heterocycles. The highest BCUT2D eigenvalue weighted by molar-refractivity contribution is 6.33. The lowest BCUT2D eigenvalue weighted by molar-refractivity contribution is -0.137. The number of alkyl halides is 4. The fourth-order valence-electron chi connectivity index (χ4n) is 1.23. The molecule has 0 saturated carbocycles. The highest BCUT2D eigenvalue weighted by atomic mass is 35.5. The van der Waals surface area contributed by atoms with Crippen LogP contribution in [0, 0.1) is 0 Å². The van der Waals surface area contributed by atoms with Crippen molar-refractivity contribution in [3.05, 3.63) is 28.3 Å². The van der Waals surface area contributed by atoms with Gasteiger partial charge in [-0.2, -0.15) is 13.2 Å². The Bertz CT molecular complexity index is 444. The van der Waals surface area contributed by atoms with Crippen LogP contribution in [0.3, 0.4) is 0 Å². The third kappa shape index (κ3) is 3.04. The topological polar surface area (TPSA) is 26.3 Å². The molecule has 7 heteroatoms. The zero-order valence-corrected chi connectivity index (χ0v) is 10.1. The quantitative estimate of drug-likeness (QED) is 0.624. The Morgan fingerprint density at radius 1 is 1.41 bits per heavy atom. The number of ketones is 1. The number of benzene rings is 1. The Kier molecular flexibility index (Phi) is 4.27. The second-order valence-electron chi connectivity index (χ2n) is 3.09. The number of ether oxygens (including phenoxy) is 1. The largest absolute Gasteiger partial charge is 0.496 e. The van der Waals surface area contributed by atoms with Crippen molar-refractivity contribution in [2.75, 3.05) is 13.0 Å². The summed E-state index contributed by atoms with van der Waals surface area (Å²) in [6.07, 6.45) is -4.60. The molecule has 0 atom stereocenters. The number of carbonyl (C=O) groups excluding carboxylic acids is 1. The average Bonchev–Trinajstić information content (AvgIpc) is 2.26. The van der Waals surface area contributed by atoms with E-state index < -0.39 is 22.5 Å². The van der Waals surface area contributed by atoms with Crippen molar-refractivity contribution in [1.29, 1.82) is 0 Å².